The lowest BCUT2D eigenvalue weighted by atomic mass is 9.56. The molecule has 3 aliphatic carbocycles. The summed E-state index contributed by atoms with van der Waals surface area (Å²) in [6.07, 6.45) is 0.364. The second-order valence-corrected chi connectivity index (χ2v) is 7.74. The highest BCUT2D eigenvalue weighted by Gasteiger charge is 2.62. The Balaban J connectivity index is 1.68. The van der Waals surface area contributed by atoms with Gasteiger partial charge < -0.3 is 0 Å². The second-order valence-electron chi connectivity index (χ2n) is 7.74. The molecular formula is C22H19NO3. The summed E-state index contributed by atoms with van der Waals surface area (Å²) in [6.45, 7) is 3.86. The van der Waals surface area contributed by atoms with Crippen LogP contribution in [0.1, 0.15) is 40.5 Å². The Morgan fingerprint density at radius 3 is 2.35 bits per heavy atom. The van der Waals surface area contributed by atoms with Crippen molar-refractivity contribution >= 4 is 23.3 Å². The summed E-state index contributed by atoms with van der Waals surface area (Å²) >= 11 is 0. The van der Waals surface area contributed by atoms with Gasteiger partial charge in [-0.1, -0.05) is 36.4 Å². The molecule has 1 saturated heterocycles. The Morgan fingerprint density at radius 1 is 0.885 bits per heavy atom. The van der Waals surface area contributed by atoms with Crippen LogP contribution < -0.4 is 4.90 Å². The number of Topliss-reactive ketones (excluding diaryl/α,β-unsaturated/α-hetero) is 1. The molecule has 0 unspecified atom stereocenters. The number of fused-ring (bicyclic) bond motifs is 1. The SMILES string of the molecule is Cc1ccc(C)c(N2C(=O)[C@H]3[C@H](C2=O)[C@@H]2C(=O)C[C@@H]3c3ccccc32)c1. The van der Waals surface area contributed by atoms with E-state index in [2.05, 4.69) is 0 Å². The van der Waals surface area contributed by atoms with Crippen molar-refractivity contribution in [1.29, 1.82) is 0 Å². The summed E-state index contributed by atoms with van der Waals surface area (Å²) in [5.41, 5.74) is 4.57. The van der Waals surface area contributed by atoms with Crippen LogP contribution in [0.5, 0.6) is 0 Å². The molecule has 6 rings (SSSR count). The maximum absolute atomic E-state index is 13.3. The zero-order valence-corrected chi connectivity index (χ0v) is 14.7. The standard InChI is InChI=1S/C22H19NO3/c1-11-7-8-12(2)16(9-11)23-21(25)19-15-10-17(24)18(20(19)22(23)26)14-6-4-3-5-13(14)15/h3-9,15,18-20H,10H2,1-2H3/t15-,18+,19-,20-/m1/s1. The summed E-state index contributed by atoms with van der Waals surface area (Å²) < 4.78 is 0. The first-order valence-electron chi connectivity index (χ1n) is 9.05. The number of amides is 2. The van der Waals surface area contributed by atoms with Gasteiger partial charge in [-0.15, -0.1) is 0 Å². The molecule has 2 aromatic rings. The number of imide groups is 1. The van der Waals surface area contributed by atoms with Gasteiger partial charge in [-0.05, 0) is 42.2 Å². The minimum absolute atomic E-state index is 0.0962. The average Bonchev–Trinajstić information content (AvgIpc) is 2.89. The van der Waals surface area contributed by atoms with Crippen LogP contribution >= 0.6 is 0 Å². The van der Waals surface area contributed by atoms with E-state index in [0.29, 0.717) is 12.1 Å². The molecule has 2 fully saturated rings. The minimum Gasteiger partial charge on any atom is -0.299 e. The van der Waals surface area contributed by atoms with Crippen molar-refractivity contribution in [1.82, 2.24) is 0 Å². The van der Waals surface area contributed by atoms with Gasteiger partial charge >= 0.3 is 0 Å². The van der Waals surface area contributed by atoms with Crippen LogP contribution in [0.25, 0.3) is 0 Å². The molecule has 4 nitrogen and oxygen atoms in total. The number of ketones is 1. The Kier molecular flexibility index (Phi) is 3.06. The van der Waals surface area contributed by atoms with Crippen molar-refractivity contribution in [3.8, 4) is 0 Å². The topological polar surface area (TPSA) is 54.5 Å². The molecule has 2 amide bonds. The van der Waals surface area contributed by atoms with Gasteiger partial charge in [0, 0.05) is 12.3 Å². The number of carbonyl (C=O) groups excluding carboxylic acids is 3. The Hall–Kier alpha value is -2.75. The zero-order chi connectivity index (χ0) is 18.2. The first kappa shape index (κ1) is 15.5. The van der Waals surface area contributed by atoms with Crippen molar-refractivity contribution in [3.63, 3.8) is 0 Å². The lowest BCUT2D eigenvalue weighted by molar-refractivity contribution is -0.134. The van der Waals surface area contributed by atoms with Gasteiger partial charge in [-0.2, -0.15) is 0 Å². The third-order valence-electron chi connectivity index (χ3n) is 6.29. The van der Waals surface area contributed by atoms with E-state index in [1.165, 1.54) is 4.90 Å². The van der Waals surface area contributed by atoms with E-state index < -0.39 is 17.8 Å². The van der Waals surface area contributed by atoms with E-state index in [1.807, 2.05) is 56.3 Å². The number of benzene rings is 2. The zero-order valence-electron chi connectivity index (χ0n) is 14.7. The van der Waals surface area contributed by atoms with Crippen molar-refractivity contribution in [2.24, 2.45) is 11.8 Å². The van der Waals surface area contributed by atoms with E-state index in [9.17, 15) is 14.4 Å². The molecule has 1 aliphatic heterocycles. The van der Waals surface area contributed by atoms with Crippen LogP contribution in [0.2, 0.25) is 0 Å². The normalized spacial score (nSPS) is 29.2. The maximum Gasteiger partial charge on any atom is 0.238 e. The highest BCUT2D eigenvalue weighted by Crippen LogP contribution is 2.57. The quantitative estimate of drug-likeness (QED) is 0.746. The summed E-state index contributed by atoms with van der Waals surface area (Å²) in [6, 6.07) is 13.6. The van der Waals surface area contributed by atoms with Crippen LogP contribution in [0.15, 0.2) is 42.5 Å². The van der Waals surface area contributed by atoms with E-state index in [-0.39, 0.29) is 23.5 Å². The third-order valence-corrected chi connectivity index (χ3v) is 6.29. The fourth-order valence-corrected chi connectivity index (χ4v) is 5.16. The van der Waals surface area contributed by atoms with Crippen LogP contribution in [0, 0.1) is 25.7 Å². The molecule has 2 aromatic carbocycles. The fraction of sp³-hybridized carbons (Fsp3) is 0.318. The molecule has 2 bridgehead atoms. The van der Waals surface area contributed by atoms with Gasteiger partial charge in [0.25, 0.3) is 0 Å². The molecular weight excluding hydrogens is 326 g/mol. The molecule has 0 N–H and O–H groups in total. The smallest absolute Gasteiger partial charge is 0.238 e. The van der Waals surface area contributed by atoms with Crippen molar-refractivity contribution in [2.75, 3.05) is 4.90 Å². The molecule has 130 valence electrons. The number of hydrogen-bond acceptors (Lipinski definition) is 3. The van der Waals surface area contributed by atoms with Crippen molar-refractivity contribution in [2.45, 2.75) is 32.1 Å². The molecule has 1 heterocycles. The van der Waals surface area contributed by atoms with E-state index in [4.69, 9.17) is 0 Å². The highest BCUT2D eigenvalue weighted by molar-refractivity contribution is 6.25. The first-order valence-corrected chi connectivity index (χ1v) is 9.05. The molecule has 0 spiro atoms. The molecule has 26 heavy (non-hydrogen) atoms. The largest absolute Gasteiger partial charge is 0.299 e. The third kappa shape index (κ3) is 1.82. The van der Waals surface area contributed by atoms with Crippen LogP contribution in [0.4, 0.5) is 5.69 Å². The second kappa shape index (κ2) is 5.13. The van der Waals surface area contributed by atoms with Crippen molar-refractivity contribution in [3.05, 3.63) is 64.7 Å². The molecule has 0 radical (unpaired) electrons. The van der Waals surface area contributed by atoms with Gasteiger partial charge in [0.2, 0.25) is 11.8 Å². The summed E-state index contributed by atoms with van der Waals surface area (Å²) in [4.78, 5) is 40.7. The fourth-order valence-electron chi connectivity index (χ4n) is 5.16. The predicted octanol–water partition coefficient (Wildman–Crippen LogP) is 3.26. The number of aryl methyl sites for hydroxylation is 2. The molecule has 4 heteroatoms. The maximum atomic E-state index is 13.3. The molecule has 0 aromatic heterocycles. The van der Waals surface area contributed by atoms with E-state index >= 15 is 0 Å². The monoisotopic (exact) mass is 345 g/mol. The molecule has 4 atom stereocenters. The summed E-state index contributed by atoms with van der Waals surface area (Å²) in [5, 5.41) is 0. The predicted molar refractivity (Wildman–Crippen MR) is 96.9 cm³/mol. The van der Waals surface area contributed by atoms with Crippen LogP contribution in [-0.4, -0.2) is 17.6 Å². The Morgan fingerprint density at radius 2 is 1.58 bits per heavy atom. The number of hydrogen-bond donors (Lipinski definition) is 0. The van der Waals surface area contributed by atoms with Gasteiger partial charge in [-0.3, -0.25) is 14.4 Å². The number of anilines is 1. The molecule has 4 aliphatic rings. The Bertz CT molecular complexity index is 993. The van der Waals surface area contributed by atoms with E-state index in [1.54, 1.807) is 0 Å². The highest BCUT2D eigenvalue weighted by atomic mass is 16.2. The lowest BCUT2D eigenvalue weighted by Gasteiger charge is -2.43. The van der Waals surface area contributed by atoms with Gasteiger partial charge in [0.15, 0.2) is 0 Å². The van der Waals surface area contributed by atoms with Crippen molar-refractivity contribution < 1.29 is 14.4 Å². The number of carbonyl (C=O) groups is 3. The van der Waals surface area contributed by atoms with E-state index in [0.717, 1.165) is 22.3 Å². The van der Waals surface area contributed by atoms with Crippen LogP contribution in [-0.2, 0) is 14.4 Å². The summed E-state index contributed by atoms with van der Waals surface area (Å²) in [7, 11) is 0. The summed E-state index contributed by atoms with van der Waals surface area (Å²) in [5.74, 6) is -1.90. The lowest BCUT2D eigenvalue weighted by Crippen LogP contribution is -2.44. The number of rotatable bonds is 1. The van der Waals surface area contributed by atoms with Gasteiger partial charge in [0.1, 0.15) is 5.78 Å². The number of nitrogens with zero attached hydrogens (tertiary/aromatic N) is 1. The van der Waals surface area contributed by atoms with Crippen LogP contribution in [0.3, 0.4) is 0 Å². The first-order chi connectivity index (χ1) is 12.5. The minimum atomic E-state index is -0.552. The van der Waals surface area contributed by atoms with Gasteiger partial charge in [-0.25, -0.2) is 4.90 Å². The molecule has 1 saturated carbocycles. The van der Waals surface area contributed by atoms with Gasteiger partial charge in [0.05, 0.1) is 23.4 Å². The Labute approximate surface area is 151 Å². The average molecular weight is 345 g/mol.